The average Bonchev–Trinajstić information content (AvgIpc) is 2.47. The summed E-state index contributed by atoms with van der Waals surface area (Å²) in [5, 5.41) is 2.62. The Morgan fingerprint density at radius 1 is 1.45 bits per heavy atom. The standard InChI is InChI=1S/C15H22N2O3/c1-4-7-17(10-15(19)16-2)9-13-8-12(11-18)5-6-14(13)20-3/h5-6,8,11H,4,7,9-10H2,1-3H3,(H,16,19). The SMILES string of the molecule is CCCN(CC(=O)NC)Cc1cc(C=O)ccc1OC. The maximum Gasteiger partial charge on any atom is 0.233 e. The van der Waals surface area contributed by atoms with Crippen molar-refractivity contribution in [2.24, 2.45) is 0 Å². The van der Waals surface area contributed by atoms with Gasteiger partial charge in [0.1, 0.15) is 12.0 Å². The van der Waals surface area contributed by atoms with Gasteiger partial charge in [-0.05, 0) is 31.2 Å². The molecule has 0 aliphatic rings. The number of carbonyl (C=O) groups excluding carboxylic acids is 2. The molecule has 0 unspecified atom stereocenters. The summed E-state index contributed by atoms with van der Waals surface area (Å²) in [6.45, 7) is 3.78. The first kappa shape index (κ1) is 16.2. The smallest absolute Gasteiger partial charge is 0.233 e. The summed E-state index contributed by atoms with van der Waals surface area (Å²) in [6.07, 6.45) is 1.76. The third-order valence-corrected chi connectivity index (χ3v) is 3.02. The summed E-state index contributed by atoms with van der Waals surface area (Å²) < 4.78 is 5.31. The molecule has 110 valence electrons. The molecule has 1 N–H and O–H groups in total. The molecule has 0 heterocycles. The molecule has 20 heavy (non-hydrogen) atoms. The van der Waals surface area contributed by atoms with Crippen LogP contribution in [0.3, 0.4) is 0 Å². The van der Waals surface area contributed by atoms with Gasteiger partial charge in [-0.2, -0.15) is 0 Å². The Balaban J connectivity index is 2.90. The van der Waals surface area contributed by atoms with Gasteiger partial charge in [0.05, 0.1) is 13.7 Å². The van der Waals surface area contributed by atoms with Gasteiger partial charge in [-0.15, -0.1) is 0 Å². The van der Waals surface area contributed by atoms with E-state index >= 15 is 0 Å². The Morgan fingerprint density at radius 2 is 2.20 bits per heavy atom. The van der Waals surface area contributed by atoms with Crippen LogP contribution in [0.1, 0.15) is 29.3 Å². The minimum atomic E-state index is -0.0241. The summed E-state index contributed by atoms with van der Waals surface area (Å²) in [7, 11) is 3.22. The van der Waals surface area contributed by atoms with Crippen molar-refractivity contribution in [3.8, 4) is 5.75 Å². The van der Waals surface area contributed by atoms with Crippen LogP contribution < -0.4 is 10.1 Å². The summed E-state index contributed by atoms with van der Waals surface area (Å²) in [5.41, 5.74) is 1.52. The van der Waals surface area contributed by atoms with Crippen molar-refractivity contribution in [2.45, 2.75) is 19.9 Å². The van der Waals surface area contributed by atoms with Crippen molar-refractivity contribution < 1.29 is 14.3 Å². The van der Waals surface area contributed by atoms with E-state index in [2.05, 4.69) is 12.2 Å². The maximum absolute atomic E-state index is 11.5. The number of rotatable bonds is 8. The van der Waals surface area contributed by atoms with Gasteiger partial charge >= 0.3 is 0 Å². The summed E-state index contributed by atoms with van der Waals surface area (Å²) in [4.78, 5) is 24.4. The third-order valence-electron chi connectivity index (χ3n) is 3.02. The molecule has 0 saturated heterocycles. The van der Waals surface area contributed by atoms with Crippen molar-refractivity contribution in [1.29, 1.82) is 0 Å². The first-order valence-corrected chi connectivity index (χ1v) is 6.69. The van der Waals surface area contributed by atoms with Crippen molar-refractivity contribution >= 4 is 12.2 Å². The largest absolute Gasteiger partial charge is 0.496 e. The normalized spacial score (nSPS) is 10.4. The van der Waals surface area contributed by atoms with Crippen LogP contribution in [0.15, 0.2) is 18.2 Å². The number of aldehydes is 1. The van der Waals surface area contributed by atoms with Crippen molar-refractivity contribution in [3.63, 3.8) is 0 Å². The number of carbonyl (C=O) groups is 2. The van der Waals surface area contributed by atoms with E-state index in [1.807, 2.05) is 4.90 Å². The van der Waals surface area contributed by atoms with Gasteiger partial charge in [0.25, 0.3) is 0 Å². The number of nitrogens with one attached hydrogen (secondary N) is 1. The molecule has 5 nitrogen and oxygen atoms in total. The number of amides is 1. The lowest BCUT2D eigenvalue weighted by Crippen LogP contribution is -2.35. The van der Waals surface area contributed by atoms with E-state index in [1.165, 1.54) is 0 Å². The lowest BCUT2D eigenvalue weighted by atomic mass is 10.1. The summed E-state index contributed by atoms with van der Waals surface area (Å²) >= 11 is 0. The molecule has 1 aromatic carbocycles. The van der Waals surface area contributed by atoms with E-state index in [4.69, 9.17) is 4.74 Å². The van der Waals surface area contributed by atoms with Crippen molar-refractivity contribution in [2.75, 3.05) is 27.2 Å². The Labute approximate surface area is 119 Å². The number of hydrogen-bond donors (Lipinski definition) is 1. The maximum atomic E-state index is 11.5. The molecule has 0 saturated carbocycles. The van der Waals surface area contributed by atoms with Crippen LogP contribution in [0, 0.1) is 0 Å². The van der Waals surface area contributed by atoms with Gasteiger partial charge in [-0.25, -0.2) is 0 Å². The van der Waals surface area contributed by atoms with Crippen LogP contribution in [-0.4, -0.2) is 44.3 Å². The Bertz CT molecular complexity index is 460. The predicted molar refractivity (Wildman–Crippen MR) is 78.0 cm³/mol. The molecule has 1 amide bonds. The molecule has 0 spiro atoms. The van der Waals surface area contributed by atoms with E-state index in [0.29, 0.717) is 18.7 Å². The quantitative estimate of drug-likeness (QED) is 0.732. The number of methoxy groups -OCH3 is 1. The van der Waals surface area contributed by atoms with E-state index in [0.717, 1.165) is 30.6 Å². The zero-order chi connectivity index (χ0) is 15.0. The highest BCUT2D eigenvalue weighted by atomic mass is 16.5. The summed E-state index contributed by atoms with van der Waals surface area (Å²) in [6, 6.07) is 5.31. The molecule has 5 heteroatoms. The molecule has 0 aliphatic carbocycles. The minimum Gasteiger partial charge on any atom is -0.496 e. The minimum absolute atomic E-state index is 0.0241. The summed E-state index contributed by atoms with van der Waals surface area (Å²) in [5.74, 6) is 0.706. The molecule has 0 aromatic heterocycles. The molecule has 0 radical (unpaired) electrons. The van der Waals surface area contributed by atoms with Crippen LogP contribution >= 0.6 is 0 Å². The van der Waals surface area contributed by atoms with E-state index in [1.54, 1.807) is 32.4 Å². The van der Waals surface area contributed by atoms with Crippen LogP contribution in [0.5, 0.6) is 5.75 Å². The number of nitrogens with zero attached hydrogens (tertiary/aromatic N) is 1. The van der Waals surface area contributed by atoms with E-state index in [-0.39, 0.29) is 5.91 Å². The molecule has 0 atom stereocenters. The fourth-order valence-corrected chi connectivity index (χ4v) is 2.05. The van der Waals surface area contributed by atoms with Crippen LogP contribution in [0.4, 0.5) is 0 Å². The van der Waals surface area contributed by atoms with Crippen molar-refractivity contribution in [1.82, 2.24) is 10.2 Å². The predicted octanol–water partition coefficient (Wildman–Crippen LogP) is 1.47. The Kier molecular flexibility index (Phi) is 6.73. The van der Waals surface area contributed by atoms with Gasteiger partial charge in [0.2, 0.25) is 5.91 Å². The molecule has 0 aliphatic heterocycles. The second-order valence-electron chi connectivity index (χ2n) is 4.57. The first-order chi connectivity index (χ1) is 9.64. The highest BCUT2D eigenvalue weighted by Crippen LogP contribution is 2.21. The van der Waals surface area contributed by atoms with E-state index < -0.39 is 0 Å². The van der Waals surface area contributed by atoms with Crippen LogP contribution in [-0.2, 0) is 11.3 Å². The van der Waals surface area contributed by atoms with Crippen molar-refractivity contribution in [3.05, 3.63) is 29.3 Å². The van der Waals surface area contributed by atoms with Gasteiger partial charge in [0.15, 0.2) is 0 Å². The molecule has 1 aromatic rings. The highest BCUT2D eigenvalue weighted by Gasteiger charge is 2.13. The van der Waals surface area contributed by atoms with Crippen LogP contribution in [0.2, 0.25) is 0 Å². The Morgan fingerprint density at radius 3 is 2.75 bits per heavy atom. The van der Waals surface area contributed by atoms with Gasteiger partial charge < -0.3 is 10.1 Å². The van der Waals surface area contributed by atoms with Gasteiger partial charge in [-0.3, -0.25) is 14.5 Å². The molecular formula is C15H22N2O3. The van der Waals surface area contributed by atoms with E-state index in [9.17, 15) is 9.59 Å². The molecule has 0 fully saturated rings. The first-order valence-electron chi connectivity index (χ1n) is 6.69. The fourth-order valence-electron chi connectivity index (χ4n) is 2.05. The lowest BCUT2D eigenvalue weighted by molar-refractivity contribution is -0.121. The third kappa shape index (κ3) is 4.66. The number of ether oxygens (including phenoxy) is 1. The van der Waals surface area contributed by atoms with Gasteiger partial charge in [0, 0.05) is 24.7 Å². The highest BCUT2D eigenvalue weighted by molar-refractivity contribution is 5.77. The second-order valence-corrected chi connectivity index (χ2v) is 4.57. The number of likely N-dealkylation sites (N-methyl/N-ethyl adjacent to an activating group) is 1. The monoisotopic (exact) mass is 278 g/mol. The zero-order valence-corrected chi connectivity index (χ0v) is 12.3. The zero-order valence-electron chi connectivity index (χ0n) is 12.3. The lowest BCUT2D eigenvalue weighted by Gasteiger charge is -2.22. The topological polar surface area (TPSA) is 58.6 Å². The van der Waals surface area contributed by atoms with Crippen LogP contribution in [0.25, 0.3) is 0 Å². The average molecular weight is 278 g/mol. The fraction of sp³-hybridized carbons (Fsp3) is 0.467. The second kappa shape index (κ2) is 8.32. The number of benzene rings is 1. The molecule has 1 rings (SSSR count). The molecular weight excluding hydrogens is 256 g/mol. The Hall–Kier alpha value is -1.88. The number of hydrogen-bond acceptors (Lipinski definition) is 4. The molecule has 0 bridgehead atoms. The van der Waals surface area contributed by atoms with Gasteiger partial charge in [-0.1, -0.05) is 6.92 Å².